The fourth-order valence-electron chi connectivity index (χ4n) is 2.65. The molecule has 8 heteroatoms. The lowest BCUT2D eigenvalue weighted by Crippen LogP contribution is -2.23. The van der Waals surface area contributed by atoms with Gasteiger partial charge in [0.05, 0.1) is 11.1 Å². The number of fused-ring (bicyclic) bond motifs is 3. The van der Waals surface area contributed by atoms with Crippen LogP contribution in [-0.2, 0) is 6.54 Å². The van der Waals surface area contributed by atoms with E-state index in [2.05, 4.69) is 40.7 Å². The Balaban J connectivity index is 2.18. The van der Waals surface area contributed by atoms with Crippen molar-refractivity contribution < 1.29 is 0 Å². The molecule has 0 aliphatic carbocycles. The highest BCUT2D eigenvalue weighted by Crippen LogP contribution is 2.18. The van der Waals surface area contributed by atoms with Crippen LogP contribution in [0, 0.1) is 0 Å². The number of imidazole rings is 2. The summed E-state index contributed by atoms with van der Waals surface area (Å²) in [5.41, 5.74) is 7.07. The number of aryl methyl sites for hydroxylation is 1. The van der Waals surface area contributed by atoms with Gasteiger partial charge in [-0.2, -0.15) is 0 Å². The normalized spacial score (nSPS) is 13.5. The van der Waals surface area contributed by atoms with Gasteiger partial charge < -0.3 is 10.7 Å². The molecule has 26 heavy (non-hydrogen) atoms. The summed E-state index contributed by atoms with van der Waals surface area (Å²) in [4.78, 5) is 29.5. The van der Waals surface area contributed by atoms with Crippen LogP contribution in [0.25, 0.3) is 22.5 Å². The molecule has 3 heterocycles. The quantitative estimate of drug-likeness (QED) is 0.662. The summed E-state index contributed by atoms with van der Waals surface area (Å²) in [6.45, 7) is 8.80. The van der Waals surface area contributed by atoms with Gasteiger partial charge in [0.25, 0.3) is 5.56 Å². The second-order valence-corrected chi connectivity index (χ2v) is 6.88. The Hall–Kier alpha value is -2.90. The summed E-state index contributed by atoms with van der Waals surface area (Å²) in [5, 5.41) is 0. The number of hydrogen-bond acceptors (Lipinski definition) is 5. The van der Waals surface area contributed by atoms with E-state index in [4.69, 9.17) is 5.73 Å². The Morgan fingerprint density at radius 3 is 2.85 bits per heavy atom. The Bertz CT molecular complexity index is 1050. The fraction of sp³-hybridized carbons (Fsp3) is 0.444. The van der Waals surface area contributed by atoms with Crippen LogP contribution < -0.4 is 11.3 Å². The highest BCUT2D eigenvalue weighted by molar-refractivity contribution is 6.09. The zero-order chi connectivity index (χ0) is 18.9. The molecule has 138 valence electrons. The second-order valence-electron chi connectivity index (χ2n) is 6.88. The Kier molecular flexibility index (Phi) is 4.67. The molecule has 0 aliphatic heterocycles. The molecule has 8 nitrogen and oxygen atoms in total. The molecule has 0 saturated carbocycles. The number of nitrogens with two attached hydrogens (primary N) is 1. The number of rotatable bonds is 6. The van der Waals surface area contributed by atoms with Crippen molar-refractivity contribution in [3.8, 4) is 0 Å². The molecule has 0 radical (unpaired) electrons. The first kappa shape index (κ1) is 17.9. The van der Waals surface area contributed by atoms with Gasteiger partial charge in [-0.3, -0.25) is 18.8 Å². The predicted octanol–water partition coefficient (Wildman–Crippen LogP) is 2.34. The number of aromatic nitrogens is 5. The van der Waals surface area contributed by atoms with Crippen molar-refractivity contribution in [2.45, 2.75) is 52.6 Å². The minimum Gasteiger partial charge on any atom is -0.404 e. The molecule has 0 spiro atoms. The van der Waals surface area contributed by atoms with Crippen molar-refractivity contribution in [1.29, 1.82) is 0 Å². The van der Waals surface area contributed by atoms with Crippen molar-refractivity contribution in [3.63, 3.8) is 0 Å². The Labute approximate surface area is 151 Å². The molecule has 0 saturated heterocycles. The average molecular weight is 355 g/mol. The maximum absolute atomic E-state index is 12.9. The molecule has 0 fully saturated rings. The molecule has 3 rings (SSSR count). The number of nitrogens with one attached hydrogen (secondary N) is 1. The molecule has 3 aromatic heterocycles. The van der Waals surface area contributed by atoms with Crippen molar-refractivity contribution in [3.05, 3.63) is 34.8 Å². The smallest absolute Gasteiger partial charge is 0.280 e. The van der Waals surface area contributed by atoms with Crippen LogP contribution in [0.2, 0.25) is 0 Å². The predicted molar refractivity (Wildman–Crippen MR) is 104 cm³/mol. The first-order valence-corrected chi connectivity index (χ1v) is 8.85. The minimum absolute atomic E-state index is 0.138. The van der Waals surface area contributed by atoms with Gasteiger partial charge >= 0.3 is 0 Å². The highest BCUT2D eigenvalue weighted by atomic mass is 16.1. The van der Waals surface area contributed by atoms with Gasteiger partial charge in [0.1, 0.15) is 5.82 Å². The number of allylic oxidation sites excluding steroid dienone is 1. The zero-order valence-corrected chi connectivity index (χ0v) is 15.7. The van der Waals surface area contributed by atoms with E-state index >= 15 is 0 Å². The third-order valence-corrected chi connectivity index (χ3v) is 4.55. The molecule has 0 bridgehead atoms. The number of aliphatic imine (C=N–C) groups is 1. The van der Waals surface area contributed by atoms with Crippen LogP contribution in [0.4, 0.5) is 0 Å². The van der Waals surface area contributed by atoms with Gasteiger partial charge in [-0.05, 0) is 26.7 Å². The van der Waals surface area contributed by atoms with Gasteiger partial charge in [-0.25, -0.2) is 9.97 Å². The SMILES string of the molecule is CCCn1c(=O)c2[nH]c(C(C=NC(C)(C)CC)=CN)nc2n2ccnc12. The van der Waals surface area contributed by atoms with Crippen molar-refractivity contribution in [2.75, 3.05) is 0 Å². The van der Waals surface area contributed by atoms with Crippen LogP contribution in [-0.4, -0.2) is 35.7 Å². The minimum atomic E-state index is -0.189. The summed E-state index contributed by atoms with van der Waals surface area (Å²) in [6.07, 6.45) is 8.35. The summed E-state index contributed by atoms with van der Waals surface area (Å²) in [5.74, 6) is 1.10. The Morgan fingerprint density at radius 1 is 1.42 bits per heavy atom. The topological polar surface area (TPSA) is 106 Å². The summed E-state index contributed by atoms with van der Waals surface area (Å²) < 4.78 is 3.47. The summed E-state index contributed by atoms with van der Waals surface area (Å²) in [6, 6.07) is 0. The van der Waals surface area contributed by atoms with Gasteiger partial charge in [-0.15, -0.1) is 0 Å². The molecule has 3 aromatic rings. The molecular weight excluding hydrogens is 330 g/mol. The highest BCUT2D eigenvalue weighted by Gasteiger charge is 2.17. The van der Waals surface area contributed by atoms with Crippen molar-refractivity contribution in [2.24, 2.45) is 10.7 Å². The lowest BCUT2D eigenvalue weighted by atomic mass is 10.0. The first-order chi connectivity index (χ1) is 12.4. The Morgan fingerprint density at radius 2 is 2.19 bits per heavy atom. The van der Waals surface area contributed by atoms with Gasteiger partial charge in [0.15, 0.2) is 11.2 Å². The zero-order valence-electron chi connectivity index (χ0n) is 15.7. The fourth-order valence-corrected chi connectivity index (χ4v) is 2.65. The second kappa shape index (κ2) is 6.78. The molecule has 0 aliphatic rings. The van der Waals surface area contributed by atoms with E-state index in [9.17, 15) is 4.79 Å². The van der Waals surface area contributed by atoms with Crippen LogP contribution in [0.3, 0.4) is 0 Å². The number of aromatic amines is 1. The third-order valence-electron chi connectivity index (χ3n) is 4.55. The molecule has 0 amide bonds. The first-order valence-electron chi connectivity index (χ1n) is 8.85. The lowest BCUT2D eigenvalue weighted by Gasteiger charge is -2.16. The number of hydrogen-bond donors (Lipinski definition) is 2. The van der Waals surface area contributed by atoms with Gasteiger partial charge in [-0.1, -0.05) is 13.8 Å². The maximum atomic E-state index is 12.9. The number of H-pyrrole nitrogens is 1. The monoisotopic (exact) mass is 355 g/mol. The summed E-state index contributed by atoms with van der Waals surface area (Å²) >= 11 is 0. The standard InChI is InChI=1S/C18H25N7O/c1-5-8-25-16(26)13-15(24-9-7-20-17(24)25)23-14(22-13)12(10-19)11-21-18(3,4)6-2/h7,9-11H,5-6,8,19H2,1-4H3,(H,22,23). The van der Waals surface area contributed by atoms with Crippen LogP contribution in [0.15, 0.2) is 28.4 Å². The van der Waals surface area contributed by atoms with Gasteiger partial charge in [0, 0.05) is 31.4 Å². The maximum Gasteiger partial charge on any atom is 0.280 e. The molecule has 0 atom stereocenters. The van der Waals surface area contributed by atoms with Gasteiger partial charge in [0.2, 0.25) is 5.78 Å². The van der Waals surface area contributed by atoms with E-state index in [0.29, 0.717) is 34.9 Å². The van der Waals surface area contributed by atoms with Crippen molar-refractivity contribution >= 4 is 28.7 Å². The van der Waals surface area contributed by atoms with E-state index < -0.39 is 0 Å². The van der Waals surface area contributed by atoms with Crippen molar-refractivity contribution in [1.82, 2.24) is 23.9 Å². The van der Waals surface area contributed by atoms with Crippen LogP contribution in [0.5, 0.6) is 0 Å². The van der Waals surface area contributed by atoms with Crippen LogP contribution in [0.1, 0.15) is 46.4 Å². The van der Waals surface area contributed by atoms with E-state index in [-0.39, 0.29) is 11.1 Å². The number of nitrogens with zero attached hydrogens (tertiary/aromatic N) is 5. The van der Waals surface area contributed by atoms with E-state index in [0.717, 1.165) is 12.8 Å². The lowest BCUT2D eigenvalue weighted by molar-refractivity contribution is 0.508. The average Bonchev–Trinajstić information content (AvgIpc) is 3.26. The molecular formula is C18H25N7O. The largest absolute Gasteiger partial charge is 0.404 e. The van der Waals surface area contributed by atoms with E-state index in [1.807, 2.05) is 11.3 Å². The summed E-state index contributed by atoms with van der Waals surface area (Å²) in [7, 11) is 0. The van der Waals surface area contributed by atoms with E-state index in [1.165, 1.54) is 6.20 Å². The van der Waals surface area contributed by atoms with E-state index in [1.54, 1.807) is 23.2 Å². The molecule has 0 unspecified atom stereocenters. The molecule has 3 N–H and O–H groups in total. The van der Waals surface area contributed by atoms with Crippen LogP contribution >= 0.6 is 0 Å². The molecule has 0 aromatic carbocycles. The third kappa shape index (κ3) is 3.02.